The lowest BCUT2D eigenvalue weighted by atomic mass is 9.46. The highest BCUT2D eigenvalue weighted by Crippen LogP contribution is 2.67. The molecule has 0 spiro atoms. The van der Waals surface area contributed by atoms with Crippen LogP contribution < -0.4 is 0 Å². The van der Waals surface area contributed by atoms with Crippen molar-refractivity contribution in [2.75, 3.05) is 0 Å². The van der Waals surface area contributed by atoms with Crippen LogP contribution in [-0.4, -0.2) is 15.0 Å². The molecule has 0 amide bonds. The fourth-order valence-corrected chi connectivity index (χ4v) is 8.41. The monoisotopic (exact) mass is 401 g/mol. The van der Waals surface area contributed by atoms with E-state index in [-0.39, 0.29) is 0 Å². The molecule has 1 aromatic heterocycles. The molecular weight excluding hydrogens is 366 g/mol. The summed E-state index contributed by atoms with van der Waals surface area (Å²) in [5.41, 5.74) is 3.10. The van der Waals surface area contributed by atoms with Crippen LogP contribution in [0.1, 0.15) is 71.3 Å². The zero-order valence-corrected chi connectivity index (χ0v) is 18.5. The number of benzene rings is 1. The molecule has 0 aliphatic heterocycles. The predicted molar refractivity (Wildman–Crippen MR) is 121 cm³/mol. The van der Waals surface area contributed by atoms with Crippen LogP contribution in [0.4, 0.5) is 0 Å². The van der Waals surface area contributed by atoms with Crippen LogP contribution in [0.3, 0.4) is 0 Å². The minimum Gasteiger partial charge on any atom is -0.248 e. The van der Waals surface area contributed by atoms with Gasteiger partial charge in [-0.1, -0.05) is 61.5 Å². The first kappa shape index (κ1) is 18.8. The average Bonchev–Trinajstić information content (AvgIpc) is 3.38. The molecule has 0 saturated heterocycles. The van der Waals surface area contributed by atoms with Crippen molar-refractivity contribution >= 4 is 0 Å². The molecule has 1 heterocycles. The summed E-state index contributed by atoms with van der Waals surface area (Å²) in [5.74, 6) is 3.62. The molecule has 3 fully saturated rings. The number of rotatable bonds is 2. The average molecular weight is 402 g/mol. The van der Waals surface area contributed by atoms with Gasteiger partial charge >= 0.3 is 0 Å². The summed E-state index contributed by atoms with van der Waals surface area (Å²) < 4.78 is 2.24. The fraction of sp³-hybridized carbons (Fsp3) is 0.630. The molecule has 1 aromatic carbocycles. The molecular formula is C27H35N3. The number of aromatic nitrogens is 3. The van der Waals surface area contributed by atoms with Crippen molar-refractivity contribution in [3.63, 3.8) is 0 Å². The maximum absolute atomic E-state index is 4.65. The second kappa shape index (κ2) is 6.80. The van der Waals surface area contributed by atoms with E-state index in [4.69, 9.17) is 0 Å². The highest BCUT2D eigenvalue weighted by molar-refractivity contribution is 5.57. The van der Waals surface area contributed by atoms with Gasteiger partial charge in [0.2, 0.25) is 0 Å². The smallest absolute Gasteiger partial charge is 0.113 e. The van der Waals surface area contributed by atoms with E-state index >= 15 is 0 Å². The predicted octanol–water partition coefficient (Wildman–Crippen LogP) is 6.70. The standard InChI is InChI=1S/C27H35N3/c1-26-16-7-6-10-20(26)11-12-21-22-13-14-25(27(22,2)17-15-23(21)26)30-18-24(28-29-30)19-8-4-3-5-9-19/h3-9,18,20-23,25H,10-17H2,1-2H3/t20-,21+,22+,23+,25-,26+,27+/m1/s1. The Bertz CT molecular complexity index is 946. The van der Waals surface area contributed by atoms with Crippen LogP contribution in [0.25, 0.3) is 11.3 Å². The van der Waals surface area contributed by atoms with Gasteiger partial charge in [-0.05, 0) is 85.9 Å². The summed E-state index contributed by atoms with van der Waals surface area (Å²) in [5, 5.41) is 9.20. The molecule has 0 radical (unpaired) electrons. The highest BCUT2D eigenvalue weighted by atomic mass is 15.4. The quantitative estimate of drug-likeness (QED) is 0.525. The molecule has 4 aliphatic carbocycles. The van der Waals surface area contributed by atoms with Gasteiger partial charge in [-0.3, -0.25) is 0 Å². The van der Waals surface area contributed by atoms with Crippen molar-refractivity contribution in [1.29, 1.82) is 0 Å². The van der Waals surface area contributed by atoms with E-state index in [9.17, 15) is 0 Å². The number of allylic oxidation sites excluding steroid dienone is 2. The normalized spacial score (nSPS) is 42.4. The summed E-state index contributed by atoms with van der Waals surface area (Å²) in [6.45, 7) is 5.22. The van der Waals surface area contributed by atoms with Gasteiger partial charge < -0.3 is 0 Å². The lowest BCUT2D eigenvalue weighted by Gasteiger charge is -2.59. The SMILES string of the molecule is C[C@]12CC=CC[C@@H]1CC[C@@H]1[C@@H]2CC[C@@]2(C)[C@H]1CC[C@H]2n1cc(-c2ccccc2)nn1. The lowest BCUT2D eigenvalue weighted by molar-refractivity contribution is -0.0954. The van der Waals surface area contributed by atoms with Crippen LogP contribution >= 0.6 is 0 Å². The van der Waals surface area contributed by atoms with Crippen molar-refractivity contribution in [3.8, 4) is 11.3 Å². The van der Waals surface area contributed by atoms with Gasteiger partial charge in [0.05, 0.1) is 12.2 Å². The van der Waals surface area contributed by atoms with E-state index in [2.05, 4.69) is 77.5 Å². The molecule has 30 heavy (non-hydrogen) atoms. The van der Waals surface area contributed by atoms with Crippen molar-refractivity contribution in [2.24, 2.45) is 34.5 Å². The topological polar surface area (TPSA) is 30.7 Å². The third kappa shape index (κ3) is 2.63. The number of hydrogen-bond acceptors (Lipinski definition) is 2. The molecule has 2 aromatic rings. The summed E-state index contributed by atoms with van der Waals surface area (Å²) >= 11 is 0. The maximum Gasteiger partial charge on any atom is 0.113 e. The summed E-state index contributed by atoms with van der Waals surface area (Å²) in [7, 11) is 0. The molecule has 4 aliphatic rings. The zero-order chi connectivity index (χ0) is 20.3. The summed E-state index contributed by atoms with van der Waals surface area (Å²) in [6, 6.07) is 11.0. The molecule has 158 valence electrons. The molecule has 0 N–H and O–H groups in total. The van der Waals surface area contributed by atoms with E-state index in [1.807, 2.05) is 0 Å². The number of hydrogen-bond donors (Lipinski definition) is 0. The Labute approximate surface area is 181 Å². The van der Waals surface area contributed by atoms with Crippen LogP contribution in [-0.2, 0) is 0 Å². The third-order valence-corrected chi connectivity index (χ3v) is 10.1. The molecule has 6 rings (SSSR count). The van der Waals surface area contributed by atoms with Gasteiger partial charge in [0, 0.05) is 5.56 Å². The van der Waals surface area contributed by atoms with Crippen molar-refractivity contribution in [3.05, 3.63) is 48.7 Å². The van der Waals surface area contributed by atoms with E-state index < -0.39 is 0 Å². The van der Waals surface area contributed by atoms with E-state index in [1.54, 1.807) is 0 Å². The molecule has 0 bridgehead atoms. The Kier molecular flexibility index (Phi) is 4.27. The van der Waals surface area contributed by atoms with E-state index in [0.717, 1.165) is 29.4 Å². The summed E-state index contributed by atoms with van der Waals surface area (Å²) in [4.78, 5) is 0. The van der Waals surface area contributed by atoms with Crippen molar-refractivity contribution in [1.82, 2.24) is 15.0 Å². The Hall–Kier alpha value is -1.90. The fourth-order valence-electron chi connectivity index (χ4n) is 8.41. The minimum atomic E-state index is 0.372. The van der Waals surface area contributed by atoms with Crippen LogP contribution in [0, 0.1) is 34.5 Å². The van der Waals surface area contributed by atoms with Gasteiger partial charge in [0.25, 0.3) is 0 Å². The zero-order valence-electron chi connectivity index (χ0n) is 18.5. The van der Waals surface area contributed by atoms with Gasteiger partial charge in [0.15, 0.2) is 0 Å². The van der Waals surface area contributed by atoms with Gasteiger partial charge in [-0.2, -0.15) is 0 Å². The third-order valence-electron chi connectivity index (χ3n) is 10.1. The number of nitrogens with zero attached hydrogens (tertiary/aromatic N) is 3. The Balaban J connectivity index is 1.28. The second-order valence-electron chi connectivity index (χ2n) is 11.2. The van der Waals surface area contributed by atoms with Crippen LogP contribution in [0.15, 0.2) is 48.7 Å². The van der Waals surface area contributed by atoms with E-state index in [1.165, 1.54) is 56.9 Å². The summed E-state index contributed by atoms with van der Waals surface area (Å²) in [6.07, 6.45) is 18.1. The minimum absolute atomic E-state index is 0.372. The maximum atomic E-state index is 4.65. The van der Waals surface area contributed by atoms with Gasteiger partial charge in [-0.25, -0.2) is 4.68 Å². The second-order valence-corrected chi connectivity index (χ2v) is 11.2. The van der Waals surface area contributed by atoms with Gasteiger partial charge in [0.1, 0.15) is 5.69 Å². The Morgan fingerprint density at radius 2 is 1.73 bits per heavy atom. The molecule has 3 heteroatoms. The highest BCUT2D eigenvalue weighted by Gasteiger charge is 2.60. The molecule has 0 unspecified atom stereocenters. The largest absolute Gasteiger partial charge is 0.248 e. The molecule has 3 nitrogen and oxygen atoms in total. The molecule has 3 saturated carbocycles. The first-order valence-corrected chi connectivity index (χ1v) is 12.2. The van der Waals surface area contributed by atoms with Crippen molar-refractivity contribution in [2.45, 2.75) is 71.3 Å². The van der Waals surface area contributed by atoms with Crippen molar-refractivity contribution < 1.29 is 0 Å². The first-order chi connectivity index (χ1) is 14.6. The Morgan fingerprint density at radius 1 is 0.900 bits per heavy atom. The molecule has 7 atom stereocenters. The first-order valence-electron chi connectivity index (χ1n) is 12.2. The van der Waals surface area contributed by atoms with Crippen LogP contribution in [0.5, 0.6) is 0 Å². The lowest BCUT2D eigenvalue weighted by Crippen LogP contribution is -2.52. The van der Waals surface area contributed by atoms with E-state index in [0.29, 0.717) is 16.9 Å². The number of fused-ring (bicyclic) bond motifs is 5. The van der Waals surface area contributed by atoms with Crippen LogP contribution in [0.2, 0.25) is 0 Å². The Morgan fingerprint density at radius 3 is 2.60 bits per heavy atom. The van der Waals surface area contributed by atoms with Gasteiger partial charge in [-0.15, -0.1) is 5.10 Å².